The van der Waals surface area contributed by atoms with Gasteiger partial charge < -0.3 is 5.32 Å². The Balaban J connectivity index is 1.77. The van der Waals surface area contributed by atoms with Crippen molar-refractivity contribution in [2.24, 2.45) is 0 Å². The number of thiophene rings is 1. The van der Waals surface area contributed by atoms with Crippen molar-refractivity contribution < 1.29 is 9.18 Å². The number of amides is 1. The molecule has 0 saturated heterocycles. The van der Waals surface area contributed by atoms with Gasteiger partial charge in [0.25, 0.3) is 0 Å². The zero-order valence-electron chi connectivity index (χ0n) is 14.0. The summed E-state index contributed by atoms with van der Waals surface area (Å²) in [5.74, 6) is -0.374. The molecular weight excluding hydrogens is 333 g/mol. The van der Waals surface area contributed by atoms with Crippen molar-refractivity contribution in [2.45, 2.75) is 25.8 Å². The first kappa shape index (κ1) is 17.4. The molecule has 3 aromatic rings. The quantitative estimate of drug-likeness (QED) is 0.671. The van der Waals surface area contributed by atoms with E-state index in [0.717, 1.165) is 22.4 Å². The molecule has 1 atom stereocenters. The molecule has 3 rings (SSSR count). The Labute approximate surface area is 151 Å². The zero-order chi connectivity index (χ0) is 17.6. The van der Waals surface area contributed by atoms with Crippen molar-refractivity contribution in [3.8, 4) is 0 Å². The molecule has 2 nitrogen and oxygen atoms in total. The largest absolute Gasteiger partial charge is 0.344 e. The molecule has 0 radical (unpaired) electrons. The molecule has 0 aliphatic carbocycles. The molecule has 25 heavy (non-hydrogen) atoms. The zero-order valence-corrected chi connectivity index (χ0v) is 14.9. The maximum atomic E-state index is 13.0. The summed E-state index contributed by atoms with van der Waals surface area (Å²) in [6, 6.07) is 18.2. The Morgan fingerprint density at radius 2 is 1.72 bits per heavy atom. The van der Waals surface area contributed by atoms with Crippen LogP contribution < -0.4 is 5.32 Å². The lowest BCUT2D eigenvalue weighted by Gasteiger charge is -2.18. The number of aryl methyl sites for hydroxylation is 1. The Kier molecular flexibility index (Phi) is 5.61. The highest BCUT2D eigenvalue weighted by Crippen LogP contribution is 2.26. The molecule has 0 saturated carbocycles. The molecule has 4 heteroatoms. The van der Waals surface area contributed by atoms with Gasteiger partial charge in [0.2, 0.25) is 5.91 Å². The van der Waals surface area contributed by atoms with Crippen molar-refractivity contribution in [3.63, 3.8) is 0 Å². The van der Waals surface area contributed by atoms with E-state index in [4.69, 9.17) is 0 Å². The van der Waals surface area contributed by atoms with Gasteiger partial charge in [-0.2, -0.15) is 0 Å². The highest BCUT2D eigenvalue weighted by atomic mass is 32.1. The van der Waals surface area contributed by atoms with Gasteiger partial charge in [0.1, 0.15) is 5.82 Å². The second-order valence-electron chi connectivity index (χ2n) is 5.91. The molecule has 128 valence electrons. The van der Waals surface area contributed by atoms with Crippen LogP contribution >= 0.6 is 11.3 Å². The number of carbonyl (C=O) groups is 1. The molecule has 1 N–H and O–H groups in total. The fraction of sp³-hybridized carbons (Fsp3) is 0.190. The van der Waals surface area contributed by atoms with E-state index in [0.29, 0.717) is 0 Å². The second kappa shape index (κ2) is 8.08. The van der Waals surface area contributed by atoms with Gasteiger partial charge in [-0.1, -0.05) is 49.4 Å². The monoisotopic (exact) mass is 353 g/mol. The first-order valence-electron chi connectivity index (χ1n) is 8.31. The van der Waals surface area contributed by atoms with Crippen LogP contribution in [0.1, 0.15) is 34.5 Å². The van der Waals surface area contributed by atoms with E-state index in [1.165, 1.54) is 17.7 Å². The van der Waals surface area contributed by atoms with Crippen LogP contribution in [0.4, 0.5) is 4.39 Å². The summed E-state index contributed by atoms with van der Waals surface area (Å²) < 4.78 is 13.0. The topological polar surface area (TPSA) is 29.1 Å². The van der Waals surface area contributed by atoms with E-state index in [1.54, 1.807) is 23.5 Å². The van der Waals surface area contributed by atoms with Gasteiger partial charge in [-0.15, -0.1) is 11.3 Å². The first-order chi connectivity index (χ1) is 12.2. The predicted molar refractivity (Wildman–Crippen MR) is 100 cm³/mol. The van der Waals surface area contributed by atoms with Crippen LogP contribution in [-0.4, -0.2) is 5.91 Å². The van der Waals surface area contributed by atoms with Crippen LogP contribution in [0.2, 0.25) is 0 Å². The van der Waals surface area contributed by atoms with Gasteiger partial charge in [-0.3, -0.25) is 4.79 Å². The van der Waals surface area contributed by atoms with Gasteiger partial charge in [0, 0.05) is 4.88 Å². The predicted octanol–water partition coefficient (Wildman–Crippen LogP) is 4.90. The van der Waals surface area contributed by atoms with E-state index in [-0.39, 0.29) is 24.2 Å². The van der Waals surface area contributed by atoms with Gasteiger partial charge in [-0.05, 0) is 46.7 Å². The maximum Gasteiger partial charge on any atom is 0.225 e. The molecule has 0 spiro atoms. The SMILES string of the molecule is CCc1ccc(C(NC(=O)Cc2ccc(F)cc2)c2cccs2)cc1. The van der Waals surface area contributed by atoms with Gasteiger partial charge >= 0.3 is 0 Å². The smallest absolute Gasteiger partial charge is 0.225 e. The number of benzene rings is 2. The standard InChI is InChI=1S/C21H20FNOS/c1-2-15-5-9-17(10-6-15)21(19-4-3-13-25-19)23-20(24)14-16-7-11-18(22)12-8-16/h3-13,21H,2,14H2,1H3,(H,23,24). The Bertz CT molecular complexity index is 810. The lowest BCUT2D eigenvalue weighted by atomic mass is 10.0. The van der Waals surface area contributed by atoms with Gasteiger partial charge in [0.05, 0.1) is 12.5 Å². The fourth-order valence-electron chi connectivity index (χ4n) is 2.72. The molecule has 0 aliphatic heterocycles. The van der Waals surface area contributed by atoms with Crippen molar-refractivity contribution >= 4 is 17.2 Å². The third-order valence-corrected chi connectivity index (χ3v) is 5.07. The molecule has 0 aliphatic rings. The number of halogens is 1. The first-order valence-corrected chi connectivity index (χ1v) is 9.19. The summed E-state index contributed by atoms with van der Waals surface area (Å²) in [6.07, 6.45) is 1.22. The molecular formula is C21H20FNOS. The molecule has 1 unspecified atom stereocenters. The summed E-state index contributed by atoms with van der Waals surface area (Å²) in [5, 5.41) is 5.12. The molecule has 1 heterocycles. The molecule has 0 fully saturated rings. The molecule has 1 amide bonds. The number of rotatable bonds is 6. The fourth-order valence-corrected chi connectivity index (χ4v) is 3.52. The Morgan fingerprint density at radius 1 is 1.04 bits per heavy atom. The van der Waals surface area contributed by atoms with Gasteiger partial charge in [0.15, 0.2) is 0 Å². The molecule has 2 aromatic carbocycles. The van der Waals surface area contributed by atoms with E-state index in [1.807, 2.05) is 17.5 Å². The summed E-state index contributed by atoms with van der Waals surface area (Å²) >= 11 is 1.62. The average molecular weight is 353 g/mol. The summed E-state index contributed by atoms with van der Waals surface area (Å²) in [4.78, 5) is 13.6. The normalized spacial score (nSPS) is 11.9. The highest BCUT2D eigenvalue weighted by Gasteiger charge is 2.18. The van der Waals surface area contributed by atoms with Gasteiger partial charge in [-0.25, -0.2) is 4.39 Å². The molecule has 1 aromatic heterocycles. The minimum absolute atomic E-state index is 0.0791. The number of carbonyl (C=O) groups excluding carboxylic acids is 1. The van der Waals surface area contributed by atoms with Crippen LogP contribution in [0.5, 0.6) is 0 Å². The van der Waals surface area contributed by atoms with E-state index < -0.39 is 0 Å². The Morgan fingerprint density at radius 3 is 2.32 bits per heavy atom. The van der Waals surface area contributed by atoms with Crippen LogP contribution in [0, 0.1) is 5.82 Å². The summed E-state index contributed by atoms with van der Waals surface area (Å²) in [6.45, 7) is 2.12. The number of hydrogen-bond acceptors (Lipinski definition) is 2. The van der Waals surface area contributed by atoms with E-state index >= 15 is 0 Å². The highest BCUT2D eigenvalue weighted by molar-refractivity contribution is 7.10. The van der Waals surface area contributed by atoms with Crippen molar-refractivity contribution in [2.75, 3.05) is 0 Å². The second-order valence-corrected chi connectivity index (χ2v) is 6.89. The van der Waals surface area contributed by atoms with Crippen LogP contribution in [0.15, 0.2) is 66.0 Å². The Hall–Kier alpha value is -2.46. The number of nitrogens with one attached hydrogen (secondary N) is 1. The van der Waals surface area contributed by atoms with E-state index in [2.05, 4.69) is 36.5 Å². The van der Waals surface area contributed by atoms with Crippen molar-refractivity contribution in [1.29, 1.82) is 0 Å². The van der Waals surface area contributed by atoms with Crippen LogP contribution in [0.3, 0.4) is 0 Å². The molecule has 0 bridgehead atoms. The minimum Gasteiger partial charge on any atom is -0.344 e. The summed E-state index contributed by atoms with van der Waals surface area (Å²) in [7, 11) is 0. The lowest BCUT2D eigenvalue weighted by Crippen LogP contribution is -2.30. The maximum absolute atomic E-state index is 13.0. The third kappa shape index (κ3) is 4.54. The number of hydrogen-bond donors (Lipinski definition) is 1. The van der Waals surface area contributed by atoms with Crippen molar-refractivity contribution in [1.82, 2.24) is 5.32 Å². The third-order valence-electron chi connectivity index (χ3n) is 4.13. The minimum atomic E-state index is -0.295. The average Bonchev–Trinajstić information content (AvgIpc) is 3.16. The summed E-state index contributed by atoms with van der Waals surface area (Å²) in [5.41, 5.74) is 3.13. The lowest BCUT2D eigenvalue weighted by molar-refractivity contribution is -0.120. The van der Waals surface area contributed by atoms with Crippen LogP contribution in [0.25, 0.3) is 0 Å². The van der Waals surface area contributed by atoms with E-state index in [9.17, 15) is 9.18 Å². The van der Waals surface area contributed by atoms with Crippen molar-refractivity contribution in [3.05, 3.63) is 93.4 Å². The van der Waals surface area contributed by atoms with Crippen LogP contribution in [-0.2, 0) is 17.6 Å².